The topological polar surface area (TPSA) is 88.1 Å². The van der Waals surface area contributed by atoms with E-state index in [0.717, 1.165) is 32.5 Å². The molecule has 8 heteroatoms. The first-order chi connectivity index (χ1) is 11.6. The van der Waals surface area contributed by atoms with Crippen molar-refractivity contribution in [1.82, 2.24) is 19.7 Å². The summed E-state index contributed by atoms with van der Waals surface area (Å²) >= 11 is 0. The number of hydrogen-bond acceptors (Lipinski definition) is 5. The van der Waals surface area contributed by atoms with Gasteiger partial charge in [0.1, 0.15) is 6.33 Å². The van der Waals surface area contributed by atoms with Gasteiger partial charge >= 0.3 is 5.69 Å². The molecule has 130 valence electrons. The molecule has 0 amide bonds. The fourth-order valence-corrected chi connectivity index (χ4v) is 4.48. The summed E-state index contributed by atoms with van der Waals surface area (Å²) in [6.45, 7) is 2.50. The molecule has 0 atom stereocenters. The highest BCUT2D eigenvalue weighted by molar-refractivity contribution is 7.91. The van der Waals surface area contributed by atoms with Crippen molar-refractivity contribution in [3.8, 4) is 0 Å². The Kier molecular flexibility index (Phi) is 5.15. The molecule has 0 spiro atoms. The predicted molar refractivity (Wildman–Crippen MR) is 90.7 cm³/mol. The molecule has 0 bridgehead atoms. The van der Waals surface area contributed by atoms with Crippen LogP contribution in [0.1, 0.15) is 25.3 Å². The van der Waals surface area contributed by atoms with Crippen LogP contribution >= 0.6 is 0 Å². The van der Waals surface area contributed by atoms with Gasteiger partial charge < -0.3 is 4.90 Å². The number of aromatic nitrogens is 3. The molecule has 1 aliphatic rings. The van der Waals surface area contributed by atoms with Gasteiger partial charge in [0.05, 0.1) is 10.6 Å². The molecule has 24 heavy (non-hydrogen) atoms. The van der Waals surface area contributed by atoms with E-state index in [1.165, 1.54) is 0 Å². The van der Waals surface area contributed by atoms with Crippen LogP contribution in [-0.2, 0) is 9.84 Å². The van der Waals surface area contributed by atoms with Crippen LogP contribution in [-0.4, -0.2) is 53.5 Å². The highest BCUT2D eigenvalue weighted by Crippen LogP contribution is 2.21. The number of aromatic amines is 1. The van der Waals surface area contributed by atoms with Gasteiger partial charge in [-0.25, -0.2) is 18.3 Å². The molecule has 1 aromatic heterocycles. The average Bonchev–Trinajstić information content (AvgIpc) is 3.02. The van der Waals surface area contributed by atoms with Gasteiger partial charge in [0, 0.05) is 19.1 Å². The molecule has 1 aliphatic heterocycles. The largest absolute Gasteiger partial charge is 0.343 e. The van der Waals surface area contributed by atoms with Gasteiger partial charge in [-0.05, 0) is 37.9 Å². The first-order valence-corrected chi connectivity index (χ1v) is 9.83. The minimum Gasteiger partial charge on any atom is -0.303 e. The van der Waals surface area contributed by atoms with Gasteiger partial charge in [-0.1, -0.05) is 18.2 Å². The van der Waals surface area contributed by atoms with Crippen LogP contribution in [0.2, 0.25) is 0 Å². The van der Waals surface area contributed by atoms with E-state index in [-0.39, 0.29) is 17.5 Å². The molecule has 2 heterocycles. The predicted octanol–water partition coefficient (Wildman–Crippen LogP) is 1.07. The van der Waals surface area contributed by atoms with Crippen molar-refractivity contribution < 1.29 is 8.42 Å². The monoisotopic (exact) mass is 350 g/mol. The van der Waals surface area contributed by atoms with Gasteiger partial charge in [0.15, 0.2) is 9.84 Å². The number of piperidine rings is 1. The van der Waals surface area contributed by atoms with E-state index in [1.54, 1.807) is 35.2 Å². The summed E-state index contributed by atoms with van der Waals surface area (Å²) in [7, 11) is -3.20. The summed E-state index contributed by atoms with van der Waals surface area (Å²) in [5.41, 5.74) is -0.164. The summed E-state index contributed by atoms with van der Waals surface area (Å²) in [6, 6.07) is 8.77. The summed E-state index contributed by atoms with van der Waals surface area (Å²) < 4.78 is 26.2. The minimum absolute atomic E-state index is 0.164. The van der Waals surface area contributed by atoms with Gasteiger partial charge in [-0.3, -0.25) is 4.57 Å². The first kappa shape index (κ1) is 16.9. The summed E-state index contributed by atoms with van der Waals surface area (Å²) in [4.78, 5) is 14.2. The lowest BCUT2D eigenvalue weighted by molar-refractivity contribution is 0.185. The zero-order chi connectivity index (χ0) is 17.0. The summed E-state index contributed by atoms with van der Waals surface area (Å²) in [5, 5.41) is 6.19. The van der Waals surface area contributed by atoms with Crippen molar-refractivity contribution in [2.75, 3.05) is 25.4 Å². The van der Waals surface area contributed by atoms with E-state index in [1.807, 2.05) is 6.07 Å². The van der Waals surface area contributed by atoms with E-state index >= 15 is 0 Å². The fraction of sp³-hybridized carbons (Fsp3) is 0.500. The standard InChI is InChI=1S/C16H22N4O3S/c21-16-18-17-13-20(16)14-7-10-19(11-8-14)9-4-12-24(22,23)15-5-2-1-3-6-15/h1-3,5-6,13-14H,4,7-12H2,(H,18,21). The van der Waals surface area contributed by atoms with Crippen LogP contribution in [0.15, 0.2) is 46.3 Å². The number of sulfone groups is 1. The number of H-pyrrole nitrogens is 1. The maximum Gasteiger partial charge on any atom is 0.343 e. The molecule has 1 fully saturated rings. The lowest BCUT2D eigenvalue weighted by Crippen LogP contribution is -2.37. The van der Waals surface area contributed by atoms with Crippen molar-refractivity contribution >= 4 is 9.84 Å². The number of rotatable bonds is 6. The maximum atomic E-state index is 12.3. The quantitative estimate of drug-likeness (QED) is 0.842. The molecular formula is C16H22N4O3S. The van der Waals surface area contributed by atoms with E-state index in [9.17, 15) is 13.2 Å². The SMILES string of the molecule is O=c1[nH]ncn1C1CCN(CCCS(=O)(=O)c2ccccc2)CC1. The minimum atomic E-state index is -3.20. The van der Waals surface area contributed by atoms with Crippen LogP contribution in [0.4, 0.5) is 0 Å². The third-order valence-electron chi connectivity index (χ3n) is 4.52. The zero-order valence-electron chi connectivity index (χ0n) is 13.5. The highest BCUT2D eigenvalue weighted by Gasteiger charge is 2.22. The molecular weight excluding hydrogens is 328 g/mol. The number of hydrogen-bond donors (Lipinski definition) is 1. The smallest absolute Gasteiger partial charge is 0.303 e. The van der Waals surface area contributed by atoms with Gasteiger partial charge in [-0.15, -0.1) is 0 Å². The van der Waals surface area contributed by atoms with Gasteiger partial charge in [-0.2, -0.15) is 5.10 Å². The molecule has 0 saturated carbocycles. The number of benzene rings is 1. The normalized spacial score (nSPS) is 17.2. The van der Waals surface area contributed by atoms with Gasteiger partial charge in [0.2, 0.25) is 0 Å². The second kappa shape index (κ2) is 7.31. The number of nitrogens with one attached hydrogen (secondary N) is 1. The number of nitrogens with zero attached hydrogens (tertiary/aromatic N) is 3. The fourth-order valence-electron chi connectivity index (χ4n) is 3.16. The summed E-state index contributed by atoms with van der Waals surface area (Å²) in [5.74, 6) is 0.165. The van der Waals surface area contributed by atoms with Crippen LogP contribution in [0, 0.1) is 0 Å². The van der Waals surface area contributed by atoms with E-state index in [2.05, 4.69) is 15.1 Å². The van der Waals surface area contributed by atoms with E-state index in [4.69, 9.17) is 0 Å². The van der Waals surface area contributed by atoms with Gasteiger partial charge in [0.25, 0.3) is 0 Å². The molecule has 1 saturated heterocycles. The van der Waals surface area contributed by atoms with Crippen molar-refractivity contribution in [3.05, 3.63) is 47.1 Å². The van der Waals surface area contributed by atoms with Crippen molar-refractivity contribution in [2.45, 2.75) is 30.2 Å². The second-order valence-electron chi connectivity index (χ2n) is 6.13. The Bertz CT molecular complexity index is 805. The average molecular weight is 350 g/mol. The molecule has 1 aromatic carbocycles. The van der Waals surface area contributed by atoms with Crippen LogP contribution in [0.5, 0.6) is 0 Å². The Morgan fingerprint density at radius 2 is 1.88 bits per heavy atom. The highest BCUT2D eigenvalue weighted by atomic mass is 32.2. The summed E-state index contributed by atoms with van der Waals surface area (Å²) in [6.07, 6.45) is 3.93. The molecule has 0 unspecified atom stereocenters. The van der Waals surface area contributed by atoms with Crippen molar-refractivity contribution in [2.24, 2.45) is 0 Å². The Morgan fingerprint density at radius 1 is 1.17 bits per heavy atom. The molecule has 1 N–H and O–H groups in total. The van der Waals surface area contributed by atoms with Crippen LogP contribution in [0.3, 0.4) is 0 Å². The maximum absolute atomic E-state index is 12.3. The Hall–Kier alpha value is -1.93. The molecule has 0 aliphatic carbocycles. The second-order valence-corrected chi connectivity index (χ2v) is 8.24. The first-order valence-electron chi connectivity index (χ1n) is 8.18. The lowest BCUT2D eigenvalue weighted by Gasteiger charge is -2.31. The third-order valence-corrected chi connectivity index (χ3v) is 6.33. The molecule has 0 radical (unpaired) electrons. The van der Waals surface area contributed by atoms with E-state index < -0.39 is 9.84 Å². The Balaban J connectivity index is 1.46. The third kappa shape index (κ3) is 3.93. The van der Waals surface area contributed by atoms with E-state index in [0.29, 0.717) is 11.3 Å². The zero-order valence-corrected chi connectivity index (χ0v) is 14.3. The molecule has 3 rings (SSSR count). The van der Waals surface area contributed by atoms with Crippen LogP contribution in [0.25, 0.3) is 0 Å². The number of likely N-dealkylation sites (tertiary alicyclic amines) is 1. The Labute approximate surface area is 141 Å². The van der Waals surface area contributed by atoms with Crippen molar-refractivity contribution in [1.29, 1.82) is 0 Å². The Morgan fingerprint density at radius 3 is 2.50 bits per heavy atom. The molecule has 7 nitrogen and oxygen atoms in total. The molecule has 2 aromatic rings. The van der Waals surface area contributed by atoms with Crippen LogP contribution < -0.4 is 5.69 Å². The lowest BCUT2D eigenvalue weighted by atomic mass is 10.0. The van der Waals surface area contributed by atoms with Crippen molar-refractivity contribution in [3.63, 3.8) is 0 Å².